The van der Waals surface area contributed by atoms with Crippen molar-refractivity contribution in [2.24, 2.45) is 17.3 Å². The van der Waals surface area contributed by atoms with Gasteiger partial charge in [-0.05, 0) is 31.6 Å². The van der Waals surface area contributed by atoms with Crippen LogP contribution in [0.5, 0.6) is 0 Å². The Kier molecular flexibility index (Phi) is 5.83. The van der Waals surface area contributed by atoms with Gasteiger partial charge in [0.1, 0.15) is 0 Å². The van der Waals surface area contributed by atoms with Crippen LogP contribution < -0.4 is 0 Å². The second-order valence-corrected chi connectivity index (χ2v) is 6.06. The molecule has 4 nitrogen and oxygen atoms in total. The van der Waals surface area contributed by atoms with E-state index in [1.165, 1.54) is 0 Å². The maximum Gasteiger partial charge on any atom is 0.323 e. The van der Waals surface area contributed by atoms with Crippen molar-refractivity contribution in [2.45, 2.75) is 59.3 Å². The first-order chi connectivity index (χ1) is 8.92. The topological polar surface area (TPSA) is 63.6 Å². The van der Waals surface area contributed by atoms with Crippen molar-refractivity contribution < 1.29 is 19.4 Å². The van der Waals surface area contributed by atoms with E-state index in [9.17, 15) is 14.7 Å². The summed E-state index contributed by atoms with van der Waals surface area (Å²) in [4.78, 5) is 24.0. The van der Waals surface area contributed by atoms with Crippen LogP contribution in [0.2, 0.25) is 0 Å². The number of carbonyl (C=O) groups excluding carboxylic acids is 1. The Labute approximate surface area is 115 Å². The number of esters is 1. The molecule has 1 fully saturated rings. The highest BCUT2D eigenvalue weighted by Gasteiger charge is 2.49. The van der Waals surface area contributed by atoms with Crippen molar-refractivity contribution in [3.05, 3.63) is 0 Å². The molecule has 0 amide bonds. The fourth-order valence-corrected chi connectivity index (χ4v) is 3.19. The highest BCUT2D eigenvalue weighted by atomic mass is 16.5. The lowest BCUT2D eigenvalue weighted by molar-refractivity contribution is -0.171. The van der Waals surface area contributed by atoms with Gasteiger partial charge in [0, 0.05) is 0 Å². The average Bonchev–Trinajstić information content (AvgIpc) is 2.80. The van der Waals surface area contributed by atoms with Crippen molar-refractivity contribution in [1.82, 2.24) is 0 Å². The molecule has 1 atom stereocenters. The van der Waals surface area contributed by atoms with Gasteiger partial charge in [-0.3, -0.25) is 9.59 Å². The van der Waals surface area contributed by atoms with Crippen LogP contribution in [0.4, 0.5) is 0 Å². The summed E-state index contributed by atoms with van der Waals surface area (Å²) in [6.45, 7) is 5.85. The molecule has 1 unspecified atom stereocenters. The van der Waals surface area contributed by atoms with Crippen molar-refractivity contribution in [1.29, 1.82) is 0 Å². The van der Waals surface area contributed by atoms with E-state index < -0.39 is 17.4 Å². The number of carboxylic acids is 1. The Morgan fingerprint density at radius 3 is 2.32 bits per heavy atom. The van der Waals surface area contributed by atoms with Gasteiger partial charge < -0.3 is 9.84 Å². The lowest BCUT2D eigenvalue weighted by Crippen LogP contribution is -2.43. The normalized spacial score (nSPS) is 19.4. The zero-order chi connectivity index (χ0) is 14.5. The molecule has 0 aromatic carbocycles. The monoisotopic (exact) mass is 270 g/mol. The molecule has 0 saturated heterocycles. The predicted octanol–water partition coefficient (Wildman–Crippen LogP) is 3.25. The minimum absolute atomic E-state index is 0.155. The molecule has 0 aliphatic heterocycles. The van der Waals surface area contributed by atoms with Crippen LogP contribution in [0.15, 0.2) is 0 Å². The van der Waals surface area contributed by atoms with Crippen LogP contribution in [0.25, 0.3) is 0 Å². The lowest BCUT2D eigenvalue weighted by Gasteiger charge is -2.31. The van der Waals surface area contributed by atoms with Gasteiger partial charge in [0.15, 0.2) is 5.41 Å². The van der Waals surface area contributed by atoms with Crippen LogP contribution in [-0.2, 0) is 14.3 Å². The van der Waals surface area contributed by atoms with Crippen LogP contribution in [0.3, 0.4) is 0 Å². The molecule has 0 heterocycles. The Morgan fingerprint density at radius 1 is 1.32 bits per heavy atom. The first-order valence-electron chi connectivity index (χ1n) is 7.33. The number of carboxylic acid groups (broad SMARTS) is 1. The van der Waals surface area contributed by atoms with E-state index >= 15 is 0 Å². The number of hydrogen-bond acceptors (Lipinski definition) is 3. The van der Waals surface area contributed by atoms with Gasteiger partial charge in [0.05, 0.1) is 6.61 Å². The Balaban J connectivity index is 2.95. The Hall–Kier alpha value is -1.06. The zero-order valence-corrected chi connectivity index (χ0v) is 12.3. The van der Waals surface area contributed by atoms with Crippen LogP contribution in [0.1, 0.15) is 59.3 Å². The second-order valence-electron chi connectivity index (χ2n) is 6.06. The molecule has 19 heavy (non-hydrogen) atoms. The van der Waals surface area contributed by atoms with Crippen LogP contribution >= 0.6 is 0 Å². The molecule has 1 aliphatic carbocycles. The molecular formula is C15H26O4. The van der Waals surface area contributed by atoms with Gasteiger partial charge in [-0.2, -0.15) is 0 Å². The number of aliphatic carboxylic acids is 1. The third kappa shape index (κ3) is 3.95. The third-order valence-corrected chi connectivity index (χ3v) is 3.94. The zero-order valence-electron chi connectivity index (χ0n) is 12.3. The summed E-state index contributed by atoms with van der Waals surface area (Å²) >= 11 is 0. The van der Waals surface area contributed by atoms with Crippen molar-refractivity contribution in [3.8, 4) is 0 Å². The molecule has 0 aromatic heterocycles. The summed E-state index contributed by atoms with van der Waals surface area (Å²) in [5.74, 6) is -1.07. The molecule has 0 bridgehead atoms. The second kappa shape index (κ2) is 6.92. The van der Waals surface area contributed by atoms with Gasteiger partial charge in [0.2, 0.25) is 0 Å². The standard InChI is InChI=1S/C15H26O4/c1-4-19-14(18)15(13(16)17,9-11(2)3)10-12-7-5-6-8-12/h11-12H,4-10H2,1-3H3,(H,16,17). The van der Waals surface area contributed by atoms with Gasteiger partial charge in [0.25, 0.3) is 0 Å². The summed E-state index contributed by atoms with van der Waals surface area (Å²) in [6.07, 6.45) is 5.14. The summed E-state index contributed by atoms with van der Waals surface area (Å²) in [7, 11) is 0. The van der Waals surface area contributed by atoms with E-state index in [-0.39, 0.29) is 12.5 Å². The highest BCUT2D eigenvalue weighted by molar-refractivity contribution is 5.99. The number of hydrogen-bond donors (Lipinski definition) is 1. The molecule has 0 radical (unpaired) electrons. The molecular weight excluding hydrogens is 244 g/mol. The van der Waals surface area contributed by atoms with Gasteiger partial charge in [-0.1, -0.05) is 39.5 Å². The number of carbonyl (C=O) groups is 2. The molecule has 110 valence electrons. The van der Waals surface area contributed by atoms with Crippen LogP contribution in [-0.4, -0.2) is 23.7 Å². The van der Waals surface area contributed by atoms with Gasteiger partial charge in [-0.15, -0.1) is 0 Å². The van der Waals surface area contributed by atoms with Crippen molar-refractivity contribution in [3.63, 3.8) is 0 Å². The minimum Gasteiger partial charge on any atom is -0.480 e. The smallest absolute Gasteiger partial charge is 0.323 e. The van der Waals surface area contributed by atoms with Gasteiger partial charge >= 0.3 is 11.9 Å². The quantitative estimate of drug-likeness (QED) is 0.569. The summed E-state index contributed by atoms with van der Waals surface area (Å²) < 4.78 is 5.06. The Bertz CT molecular complexity index is 318. The molecule has 0 aromatic rings. The first kappa shape index (κ1) is 16.0. The van der Waals surface area contributed by atoms with E-state index in [1.54, 1.807) is 6.92 Å². The van der Waals surface area contributed by atoms with Crippen molar-refractivity contribution in [2.75, 3.05) is 6.61 Å². The van der Waals surface area contributed by atoms with E-state index in [0.29, 0.717) is 18.8 Å². The van der Waals surface area contributed by atoms with E-state index in [0.717, 1.165) is 25.7 Å². The van der Waals surface area contributed by atoms with Crippen molar-refractivity contribution >= 4 is 11.9 Å². The summed E-state index contributed by atoms with van der Waals surface area (Å²) in [5, 5.41) is 9.63. The van der Waals surface area contributed by atoms with E-state index in [1.807, 2.05) is 13.8 Å². The molecule has 0 spiro atoms. The molecule has 1 aliphatic rings. The number of rotatable bonds is 7. The fraction of sp³-hybridized carbons (Fsp3) is 0.867. The van der Waals surface area contributed by atoms with Crippen LogP contribution in [0, 0.1) is 17.3 Å². The largest absolute Gasteiger partial charge is 0.480 e. The number of ether oxygens (including phenoxy) is 1. The molecule has 1 N–H and O–H groups in total. The molecule has 4 heteroatoms. The van der Waals surface area contributed by atoms with Gasteiger partial charge in [-0.25, -0.2) is 0 Å². The Morgan fingerprint density at radius 2 is 1.89 bits per heavy atom. The fourth-order valence-electron chi connectivity index (χ4n) is 3.19. The third-order valence-electron chi connectivity index (χ3n) is 3.94. The minimum atomic E-state index is -1.35. The summed E-state index contributed by atoms with van der Waals surface area (Å²) in [6, 6.07) is 0. The predicted molar refractivity (Wildman–Crippen MR) is 72.7 cm³/mol. The average molecular weight is 270 g/mol. The first-order valence-corrected chi connectivity index (χ1v) is 7.33. The highest BCUT2D eigenvalue weighted by Crippen LogP contribution is 2.41. The lowest BCUT2D eigenvalue weighted by atomic mass is 9.73. The molecule has 1 rings (SSSR count). The molecule has 1 saturated carbocycles. The maximum absolute atomic E-state index is 12.2. The maximum atomic E-state index is 12.2. The van der Waals surface area contributed by atoms with E-state index in [2.05, 4.69) is 0 Å². The van der Waals surface area contributed by atoms with E-state index in [4.69, 9.17) is 4.74 Å². The SMILES string of the molecule is CCOC(=O)C(CC(C)C)(CC1CCCC1)C(=O)O. The summed E-state index contributed by atoms with van der Waals surface area (Å²) in [5.41, 5.74) is -1.35.